The Hall–Kier alpha value is -1.31. The maximum absolute atomic E-state index is 12.8. The van der Waals surface area contributed by atoms with E-state index in [1.54, 1.807) is 6.07 Å². The van der Waals surface area contributed by atoms with Crippen molar-refractivity contribution in [3.8, 4) is 5.75 Å². The molecule has 1 saturated carbocycles. The number of piperidine rings is 2. The third-order valence-electron chi connectivity index (χ3n) is 8.11. The van der Waals surface area contributed by atoms with Gasteiger partial charge in [0.05, 0.1) is 5.60 Å². The number of halogens is 3. The molecule has 0 bridgehead atoms. The maximum atomic E-state index is 12.8. The summed E-state index contributed by atoms with van der Waals surface area (Å²) in [6, 6.07) is 6.95. The number of alkyl halides is 3. The van der Waals surface area contributed by atoms with Crippen molar-refractivity contribution in [2.45, 2.75) is 88.6 Å². The molecule has 0 radical (unpaired) electrons. The maximum Gasteiger partial charge on any atom is 0.573 e. The first-order chi connectivity index (χ1) is 15.7. The van der Waals surface area contributed by atoms with E-state index in [0.29, 0.717) is 24.8 Å². The van der Waals surface area contributed by atoms with Crippen LogP contribution in [0.5, 0.6) is 5.75 Å². The molecule has 1 aromatic carbocycles. The van der Waals surface area contributed by atoms with Crippen LogP contribution >= 0.6 is 0 Å². The van der Waals surface area contributed by atoms with Crippen LogP contribution < -0.4 is 4.74 Å². The van der Waals surface area contributed by atoms with Crippen LogP contribution in [-0.4, -0.2) is 65.6 Å². The molecule has 0 spiro atoms. The van der Waals surface area contributed by atoms with Crippen LogP contribution in [0.3, 0.4) is 0 Å². The molecular weight excluding hydrogens is 429 g/mol. The van der Waals surface area contributed by atoms with Gasteiger partial charge in [0.25, 0.3) is 0 Å². The van der Waals surface area contributed by atoms with Crippen molar-refractivity contribution in [1.82, 2.24) is 9.80 Å². The molecular formula is C26H39F3N2O2. The van der Waals surface area contributed by atoms with Crippen molar-refractivity contribution < 1.29 is 23.0 Å². The number of benzene rings is 1. The quantitative estimate of drug-likeness (QED) is 0.568. The molecule has 4 rings (SSSR count). The molecule has 2 saturated heterocycles. The van der Waals surface area contributed by atoms with Gasteiger partial charge in [-0.15, -0.1) is 13.2 Å². The summed E-state index contributed by atoms with van der Waals surface area (Å²) in [6.07, 6.45) is 4.71. The number of nitrogens with zero attached hydrogens (tertiary/aromatic N) is 2. The van der Waals surface area contributed by atoms with Gasteiger partial charge >= 0.3 is 6.36 Å². The lowest BCUT2D eigenvalue weighted by molar-refractivity contribution is -0.274. The Kier molecular flexibility index (Phi) is 7.91. The molecule has 0 amide bonds. The van der Waals surface area contributed by atoms with E-state index in [-0.39, 0.29) is 11.7 Å². The Morgan fingerprint density at radius 1 is 1.09 bits per heavy atom. The first-order valence-electron chi connectivity index (χ1n) is 12.8. The highest BCUT2D eigenvalue weighted by Crippen LogP contribution is 2.46. The zero-order valence-corrected chi connectivity index (χ0v) is 19.8. The van der Waals surface area contributed by atoms with E-state index in [4.69, 9.17) is 0 Å². The summed E-state index contributed by atoms with van der Waals surface area (Å²) in [6.45, 7) is 7.57. The number of aliphatic hydroxyl groups is 1. The summed E-state index contributed by atoms with van der Waals surface area (Å²) in [5.74, 6) is 0.0217. The van der Waals surface area contributed by atoms with Gasteiger partial charge in [-0.1, -0.05) is 25.5 Å². The van der Waals surface area contributed by atoms with Crippen LogP contribution in [0.1, 0.15) is 76.2 Å². The predicted octanol–water partition coefficient (Wildman–Crippen LogP) is 5.56. The summed E-state index contributed by atoms with van der Waals surface area (Å²) < 4.78 is 42.5. The number of hydrogen-bond donors (Lipinski definition) is 1. The third kappa shape index (κ3) is 6.64. The molecule has 3 fully saturated rings. The molecule has 7 heteroatoms. The van der Waals surface area contributed by atoms with Crippen molar-refractivity contribution in [1.29, 1.82) is 0 Å². The lowest BCUT2D eigenvalue weighted by atomic mass is 9.78. The van der Waals surface area contributed by atoms with E-state index in [1.165, 1.54) is 57.3 Å². The largest absolute Gasteiger partial charge is 0.573 e. The number of likely N-dealkylation sites (tertiary alicyclic amines) is 2. The molecule has 3 atom stereocenters. The van der Waals surface area contributed by atoms with Gasteiger partial charge in [-0.05, 0) is 108 Å². The van der Waals surface area contributed by atoms with E-state index in [1.807, 2.05) is 6.07 Å². The van der Waals surface area contributed by atoms with Crippen LogP contribution in [0.2, 0.25) is 0 Å². The molecule has 186 valence electrons. The minimum absolute atomic E-state index is 0.195. The smallest absolute Gasteiger partial charge is 0.406 e. The van der Waals surface area contributed by atoms with Crippen LogP contribution in [0, 0.1) is 5.92 Å². The fourth-order valence-electron chi connectivity index (χ4n) is 6.40. The molecule has 1 aromatic rings. The molecule has 1 aliphatic carbocycles. The summed E-state index contributed by atoms with van der Waals surface area (Å²) in [5.41, 5.74) is -0.126. The van der Waals surface area contributed by atoms with Gasteiger partial charge in [0.15, 0.2) is 0 Å². The van der Waals surface area contributed by atoms with Gasteiger partial charge in [0.1, 0.15) is 5.75 Å². The molecule has 1 unspecified atom stereocenters. The second-order valence-electron chi connectivity index (χ2n) is 10.6. The minimum Gasteiger partial charge on any atom is -0.406 e. The molecule has 4 nitrogen and oxygen atoms in total. The summed E-state index contributed by atoms with van der Waals surface area (Å²) in [7, 11) is 0. The Labute approximate surface area is 196 Å². The zero-order valence-electron chi connectivity index (χ0n) is 19.8. The fraction of sp³-hybridized carbons (Fsp3) is 0.769. The average molecular weight is 469 g/mol. The fourth-order valence-corrected chi connectivity index (χ4v) is 6.40. The van der Waals surface area contributed by atoms with Gasteiger partial charge in [0.2, 0.25) is 0 Å². The highest BCUT2D eigenvalue weighted by molar-refractivity contribution is 5.33. The Bertz CT molecular complexity index is 760. The first-order valence-corrected chi connectivity index (χ1v) is 12.8. The summed E-state index contributed by atoms with van der Waals surface area (Å²) >= 11 is 0. The monoisotopic (exact) mass is 468 g/mol. The zero-order chi connectivity index (χ0) is 23.5. The second-order valence-corrected chi connectivity index (χ2v) is 10.6. The summed E-state index contributed by atoms with van der Waals surface area (Å²) in [4.78, 5) is 5.14. The molecule has 1 N–H and O–H groups in total. The van der Waals surface area contributed by atoms with E-state index in [2.05, 4.69) is 21.5 Å². The normalized spacial score (nSPS) is 29.3. The van der Waals surface area contributed by atoms with Crippen molar-refractivity contribution in [2.75, 3.05) is 32.7 Å². The lowest BCUT2D eigenvalue weighted by Gasteiger charge is -2.41. The third-order valence-corrected chi connectivity index (χ3v) is 8.11. The van der Waals surface area contributed by atoms with E-state index in [0.717, 1.165) is 38.0 Å². The summed E-state index contributed by atoms with van der Waals surface area (Å²) in [5, 5.41) is 11.6. The van der Waals surface area contributed by atoms with Crippen LogP contribution in [0.4, 0.5) is 13.2 Å². The van der Waals surface area contributed by atoms with Crippen LogP contribution in [-0.2, 0) is 0 Å². The van der Waals surface area contributed by atoms with Crippen molar-refractivity contribution in [3.63, 3.8) is 0 Å². The lowest BCUT2D eigenvalue weighted by Crippen LogP contribution is -2.47. The molecule has 2 heterocycles. The van der Waals surface area contributed by atoms with Gasteiger partial charge in [0, 0.05) is 12.0 Å². The van der Waals surface area contributed by atoms with E-state index >= 15 is 0 Å². The predicted molar refractivity (Wildman–Crippen MR) is 123 cm³/mol. The second kappa shape index (κ2) is 10.5. The first kappa shape index (κ1) is 24.8. The van der Waals surface area contributed by atoms with Gasteiger partial charge in [-0.2, -0.15) is 0 Å². The molecule has 33 heavy (non-hydrogen) atoms. The van der Waals surface area contributed by atoms with Gasteiger partial charge in [-0.25, -0.2) is 0 Å². The number of hydrogen-bond acceptors (Lipinski definition) is 4. The Morgan fingerprint density at radius 3 is 2.45 bits per heavy atom. The topological polar surface area (TPSA) is 35.9 Å². The van der Waals surface area contributed by atoms with Gasteiger partial charge < -0.3 is 19.6 Å². The highest BCUT2D eigenvalue weighted by atomic mass is 19.4. The van der Waals surface area contributed by atoms with Crippen molar-refractivity contribution in [2.24, 2.45) is 5.92 Å². The van der Waals surface area contributed by atoms with E-state index < -0.39 is 12.0 Å². The van der Waals surface area contributed by atoms with E-state index in [9.17, 15) is 18.3 Å². The molecule has 3 aliphatic rings. The number of ether oxygens (including phenoxy) is 1. The molecule has 0 aromatic heterocycles. The Balaban J connectivity index is 1.41. The SMILES string of the molecule is C[C@@H]1CCC(O)([C@H](CCN2CCC(N3CCCCC3)CC2)c2cccc(OC(F)(F)F)c2)C1. The Morgan fingerprint density at radius 2 is 1.82 bits per heavy atom. The van der Waals surface area contributed by atoms with Crippen molar-refractivity contribution in [3.05, 3.63) is 29.8 Å². The number of rotatable bonds is 7. The highest BCUT2D eigenvalue weighted by Gasteiger charge is 2.43. The standard InChI is InChI=1S/C26H39F3N2O2/c1-20-8-12-25(32,19-20)24(21-6-5-7-23(18-21)33-26(27,28)29)11-17-30-15-9-22(10-16-30)31-13-3-2-4-14-31/h5-7,18,20,22,24,32H,2-4,8-17,19H2,1H3/t20-,24-,25?/m1/s1. The molecule has 2 aliphatic heterocycles. The van der Waals surface area contributed by atoms with Crippen molar-refractivity contribution >= 4 is 0 Å². The van der Waals surface area contributed by atoms with Crippen LogP contribution in [0.25, 0.3) is 0 Å². The average Bonchev–Trinajstić information content (AvgIpc) is 3.13. The van der Waals surface area contributed by atoms with Crippen LogP contribution in [0.15, 0.2) is 24.3 Å². The minimum atomic E-state index is -4.72. The van der Waals surface area contributed by atoms with Gasteiger partial charge in [-0.3, -0.25) is 0 Å².